The van der Waals surface area contributed by atoms with Gasteiger partial charge in [-0.15, -0.1) is 0 Å². The summed E-state index contributed by atoms with van der Waals surface area (Å²) in [6.07, 6.45) is 0. The van der Waals surface area contributed by atoms with E-state index in [0.717, 1.165) is 18.8 Å². The first-order valence-corrected chi connectivity index (χ1v) is 6.96. The number of hydrogen-bond acceptors (Lipinski definition) is 3. The molecule has 2 heterocycles. The summed E-state index contributed by atoms with van der Waals surface area (Å²) < 4.78 is 13.1. The van der Waals surface area contributed by atoms with Gasteiger partial charge in [-0.05, 0) is 24.3 Å². The fourth-order valence-electron chi connectivity index (χ4n) is 2.50. The standard InChI is InChI=1S/C16H16FN3O/c17-15-8-4-7-14(18-15)16(21)20-11-9-19(10-12-20)13-5-2-1-3-6-13/h1-8H,9-12H2. The first-order valence-electron chi connectivity index (χ1n) is 6.96. The van der Waals surface area contributed by atoms with Crippen molar-refractivity contribution in [1.29, 1.82) is 0 Å². The molecule has 1 fully saturated rings. The molecule has 1 aromatic carbocycles. The highest BCUT2D eigenvalue weighted by atomic mass is 19.1. The number of hydrogen-bond donors (Lipinski definition) is 0. The maximum absolute atomic E-state index is 13.1. The number of halogens is 1. The zero-order valence-corrected chi connectivity index (χ0v) is 11.6. The molecule has 0 atom stereocenters. The van der Waals surface area contributed by atoms with Crippen LogP contribution in [0.15, 0.2) is 48.5 Å². The molecule has 108 valence electrons. The quantitative estimate of drug-likeness (QED) is 0.794. The maximum Gasteiger partial charge on any atom is 0.272 e. The average molecular weight is 285 g/mol. The van der Waals surface area contributed by atoms with E-state index in [2.05, 4.69) is 22.0 Å². The summed E-state index contributed by atoms with van der Waals surface area (Å²) in [5, 5.41) is 0. The van der Waals surface area contributed by atoms with Crippen molar-refractivity contribution in [2.24, 2.45) is 0 Å². The van der Waals surface area contributed by atoms with Crippen molar-refractivity contribution in [3.05, 3.63) is 60.2 Å². The fourth-order valence-corrected chi connectivity index (χ4v) is 2.50. The van der Waals surface area contributed by atoms with Crippen LogP contribution in [0.3, 0.4) is 0 Å². The molecule has 1 aliphatic rings. The molecule has 0 bridgehead atoms. The van der Waals surface area contributed by atoms with Gasteiger partial charge in [0.05, 0.1) is 0 Å². The summed E-state index contributed by atoms with van der Waals surface area (Å²) in [5.41, 5.74) is 1.33. The molecule has 0 N–H and O–H groups in total. The van der Waals surface area contributed by atoms with E-state index in [4.69, 9.17) is 0 Å². The van der Waals surface area contributed by atoms with Crippen LogP contribution in [0.4, 0.5) is 10.1 Å². The molecule has 0 spiro atoms. The monoisotopic (exact) mass is 285 g/mol. The number of para-hydroxylation sites is 1. The molecule has 21 heavy (non-hydrogen) atoms. The van der Waals surface area contributed by atoms with Crippen LogP contribution in [0.2, 0.25) is 0 Å². The third-order valence-corrected chi connectivity index (χ3v) is 3.62. The number of pyridine rings is 1. The SMILES string of the molecule is O=C(c1cccc(F)n1)N1CCN(c2ccccc2)CC1. The Morgan fingerprint density at radius 1 is 0.952 bits per heavy atom. The van der Waals surface area contributed by atoms with Gasteiger partial charge < -0.3 is 9.80 Å². The third kappa shape index (κ3) is 3.02. The van der Waals surface area contributed by atoms with Crippen LogP contribution in [-0.4, -0.2) is 42.0 Å². The van der Waals surface area contributed by atoms with Gasteiger partial charge in [0, 0.05) is 31.9 Å². The maximum atomic E-state index is 13.1. The zero-order chi connectivity index (χ0) is 14.7. The molecular formula is C16H16FN3O. The Hall–Kier alpha value is -2.43. The first kappa shape index (κ1) is 13.5. The summed E-state index contributed by atoms with van der Waals surface area (Å²) in [6.45, 7) is 2.77. The lowest BCUT2D eigenvalue weighted by atomic mass is 10.2. The number of benzene rings is 1. The summed E-state index contributed by atoms with van der Waals surface area (Å²) in [7, 11) is 0. The number of carbonyl (C=O) groups excluding carboxylic acids is 1. The third-order valence-electron chi connectivity index (χ3n) is 3.62. The minimum absolute atomic E-state index is 0.170. The van der Waals surface area contributed by atoms with Crippen LogP contribution in [0.1, 0.15) is 10.5 Å². The highest BCUT2D eigenvalue weighted by molar-refractivity contribution is 5.92. The fraction of sp³-hybridized carbons (Fsp3) is 0.250. The smallest absolute Gasteiger partial charge is 0.272 e. The van der Waals surface area contributed by atoms with Gasteiger partial charge in [-0.3, -0.25) is 4.79 Å². The topological polar surface area (TPSA) is 36.4 Å². The van der Waals surface area contributed by atoms with Crippen molar-refractivity contribution < 1.29 is 9.18 Å². The van der Waals surface area contributed by atoms with Crippen LogP contribution in [0, 0.1) is 5.95 Å². The number of anilines is 1. The van der Waals surface area contributed by atoms with Gasteiger partial charge in [-0.1, -0.05) is 24.3 Å². The molecule has 1 aromatic heterocycles. The summed E-state index contributed by atoms with van der Waals surface area (Å²) in [6, 6.07) is 14.4. The Morgan fingerprint density at radius 3 is 2.33 bits per heavy atom. The molecule has 1 aliphatic heterocycles. The number of piperazine rings is 1. The van der Waals surface area contributed by atoms with Crippen molar-refractivity contribution in [3.63, 3.8) is 0 Å². The lowest BCUT2D eigenvalue weighted by Crippen LogP contribution is -2.49. The van der Waals surface area contributed by atoms with E-state index in [1.54, 1.807) is 11.0 Å². The molecule has 0 unspecified atom stereocenters. The van der Waals surface area contributed by atoms with Crippen molar-refractivity contribution in [2.75, 3.05) is 31.1 Å². The second-order valence-electron chi connectivity index (χ2n) is 4.96. The minimum atomic E-state index is -0.622. The zero-order valence-electron chi connectivity index (χ0n) is 11.6. The molecule has 0 radical (unpaired) electrons. The van der Waals surface area contributed by atoms with E-state index >= 15 is 0 Å². The molecule has 5 heteroatoms. The van der Waals surface area contributed by atoms with Crippen LogP contribution in [0.25, 0.3) is 0 Å². The second-order valence-corrected chi connectivity index (χ2v) is 4.96. The Morgan fingerprint density at radius 2 is 1.67 bits per heavy atom. The van der Waals surface area contributed by atoms with Crippen molar-refractivity contribution in [2.45, 2.75) is 0 Å². The van der Waals surface area contributed by atoms with E-state index in [1.165, 1.54) is 12.1 Å². The molecule has 3 rings (SSSR count). The van der Waals surface area contributed by atoms with Crippen LogP contribution in [-0.2, 0) is 0 Å². The molecule has 0 saturated carbocycles. The second kappa shape index (κ2) is 5.91. The molecule has 1 amide bonds. The predicted octanol–water partition coefficient (Wildman–Crippen LogP) is 2.18. The van der Waals surface area contributed by atoms with Gasteiger partial charge >= 0.3 is 0 Å². The van der Waals surface area contributed by atoms with Crippen molar-refractivity contribution in [1.82, 2.24) is 9.88 Å². The predicted molar refractivity (Wildman–Crippen MR) is 78.8 cm³/mol. The Bertz CT molecular complexity index is 624. The molecule has 2 aromatic rings. The molecule has 4 nitrogen and oxygen atoms in total. The van der Waals surface area contributed by atoms with Gasteiger partial charge in [0.15, 0.2) is 0 Å². The summed E-state index contributed by atoms with van der Waals surface area (Å²) in [4.78, 5) is 19.9. The van der Waals surface area contributed by atoms with Crippen LogP contribution < -0.4 is 4.90 Å². The molecular weight excluding hydrogens is 269 g/mol. The number of nitrogens with zero attached hydrogens (tertiary/aromatic N) is 3. The summed E-state index contributed by atoms with van der Waals surface area (Å²) in [5.74, 6) is -0.828. The van der Waals surface area contributed by atoms with E-state index < -0.39 is 5.95 Å². The largest absolute Gasteiger partial charge is 0.368 e. The van der Waals surface area contributed by atoms with Crippen LogP contribution >= 0.6 is 0 Å². The Balaban J connectivity index is 1.64. The van der Waals surface area contributed by atoms with E-state index in [0.29, 0.717) is 13.1 Å². The summed E-state index contributed by atoms with van der Waals surface area (Å²) >= 11 is 0. The normalized spacial score (nSPS) is 15.1. The van der Waals surface area contributed by atoms with Gasteiger partial charge in [0.25, 0.3) is 5.91 Å². The number of aromatic nitrogens is 1. The highest BCUT2D eigenvalue weighted by Gasteiger charge is 2.23. The van der Waals surface area contributed by atoms with Gasteiger partial charge in [-0.2, -0.15) is 4.39 Å². The van der Waals surface area contributed by atoms with Crippen molar-refractivity contribution in [3.8, 4) is 0 Å². The Labute approximate surface area is 122 Å². The number of amides is 1. The lowest BCUT2D eigenvalue weighted by molar-refractivity contribution is 0.0739. The van der Waals surface area contributed by atoms with E-state index in [-0.39, 0.29) is 11.6 Å². The van der Waals surface area contributed by atoms with E-state index in [9.17, 15) is 9.18 Å². The number of rotatable bonds is 2. The highest BCUT2D eigenvalue weighted by Crippen LogP contribution is 2.16. The average Bonchev–Trinajstić information content (AvgIpc) is 2.55. The first-order chi connectivity index (χ1) is 10.2. The Kier molecular flexibility index (Phi) is 3.81. The lowest BCUT2D eigenvalue weighted by Gasteiger charge is -2.36. The molecule has 0 aliphatic carbocycles. The van der Waals surface area contributed by atoms with Crippen molar-refractivity contribution >= 4 is 11.6 Å². The number of carbonyl (C=O) groups is 1. The van der Waals surface area contributed by atoms with Crippen LogP contribution in [0.5, 0.6) is 0 Å². The van der Waals surface area contributed by atoms with E-state index in [1.807, 2.05) is 18.2 Å². The van der Waals surface area contributed by atoms with Gasteiger partial charge in [0.2, 0.25) is 5.95 Å². The minimum Gasteiger partial charge on any atom is -0.368 e. The van der Waals surface area contributed by atoms with Gasteiger partial charge in [-0.25, -0.2) is 4.98 Å². The van der Waals surface area contributed by atoms with Gasteiger partial charge in [0.1, 0.15) is 5.69 Å². The molecule has 1 saturated heterocycles.